The van der Waals surface area contributed by atoms with E-state index in [2.05, 4.69) is 0 Å². The van der Waals surface area contributed by atoms with Crippen LogP contribution in [0.5, 0.6) is 5.75 Å². The number of anilines is 1. The van der Waals surface area contributed by atoms with Crippen molar-refractivity contribution in [2.24, 2.45) is 5.73 Å². The minimum absolute atomic E-state index is 0.0946. The topological polar surface area (TPSA) is 55.6 Å². The number of benzene rings is 3. The van der Waals surface area contributed by atoms with Crippen LogP contribution in [0.1, 0.15) is 29.7 Å². The normalized spacial score (nSPS) is 17.0. The van der Waals surface area contributed by atoms with Gasteiger partial charge in [0.05, 0.1) is 12.1 Å². The van der Waals surface area contributed by atoms with E-state index in [0.717, 1.165) is 28.1 Å². The quantitative estimate of drug-likeness (QED) is 0.655. The lowest BCUT2D eigenvalue weighted by Crippen LogP contribution is -2.49. The summed E-state index contributed by atoms with van der Waals surface area (Å²) in [5.74, 6) is 0.668. The Kier molecular flexibility index (Phi) is 5.56. The largest absolute Gasteiger partial charge is 0.489 e. The van der Waals surface area contributed by atoms with Crippen molar-refractivity contribution in [2.75, 3.05) is 4.90 Å². The van der Waals surface area contributed by atoms with Crippen molar-refractivity contribution in [1.29, 1.82) is 0 Å². The molecule has 29 heavy (non-hydrogen) atoms. The molecular formula is C24H23ClN2O2. The summed E-state index contributed by atoms with van der Waals surface area (Å²) in [5, 5.41) is 0.601. The SMILES string of the molecule is C[C@@H](c1cccc(OCc2ccccc2)c1)N1C(=O)[C@H](N)Cc2ccc(Cl)cc21. The van der Waals surface area contributed by atoms with Crippen LogP contribution in [0.3, 0.4) is 0 Å². The molecule has 4 rings (SSSR count). The minimum atomic E-state index is -0.552. The fraction of sp³-hybridized carbons (Fsp3) is 0.208. The van der Waals surface area contributed by atoms with Crippen molar-refractivity contribution >= 4 is 23.2 Å². The van der Waals surface area contributed by atoms with Gasteiger partial charge in [0.15, 0.2) is 0 Å². The second-order valence-electron chi connectivity index (χ2n) is 7.31. The highest BCUT2D eigenvalue weighted by Crippen LogP contribution is 2.36. The fourth-order valence-electron chi connectivity index (χ4n) is 3.71. The van der Waals surface area contributed by atoms with Crippen molar-refractivity contribution in [3.05, 3.63) is 94.5 Å². The van der Waals surface area contributed by atoms with Crippen molar-refractivity contribution in [3.63, 3.8) is 0 Å². The van der Waals surface area contributed by atoms with Gasteiger partial charge in [-0.1, -0.05) is 60.1 Å². The van der Waals surface area contributed by atoms with Crippen LogP contribution in [0.25, 0.3) is 0 Å². The summed E-state index contributed by atoms with van der Waals surface area (Å²) in [6.07, 6.45) is 0.523. The number of halogens is 1. The Labute approximate surface area is 175 Å². The molecule has 1 heterocycles. The zero-order chi connectivity index (χ0) is 20.4. The molecule has 0 spiro atoms. The third-order valence-electron chi connectivity index (χ3n) is 5.28. The molecule has 1 amide bonds. The number of fused-ring (bicyclic) bond motifs is 1. The first-order valence-corrected chi connectivity index (χ1v) is 10.0. The number of nitrogens with zero attached hydrogens (tertiary/aromatic N) is 1. The van der Waals surface area contributed by atoms with Gasteiger partial charge in [-0.05, 0) is 54.3 Å². The molecule has 1 aliphatic heterocycles. The van der Waals surface area contributed by atoms with E-state index in [0.29, 0.717) is 18.1 Å². The average molecular weight is 407 g/mol. The van der Waals surface area contributed by atoms with E-state index in [1.807, 2.05) is 79.7 Å². The van der Waals surface area contributed by atoms with Gasteiger partial charge in [0.25, 0.3) is 0 Å². The fourth-order valence-corrected chi connectivity index (χ4v) is 3.88. The zero-order valence-corrected chi connectivity index (χ0v) is 17.0. The van der Waals surface area contributed by atoms with Gasteiger partial charge in [0.1, 0.15) is 12.4 Å². The van der Waals surface area contributed by atoms with E-state index in [1.54, 1.807) is 4.90 Å². The molecule has 1 aliphatic rings. The minimum Gasteiger partial charge on any atom is -0.489 e. The van der Waals surface area contributed by atoms with Crippen LogP contribution < -0.4 is 15.4 Å². The number of carbonyl (C=O) groups excluding carboxylic acids is 1. The van der Waals surface area contributed by atoms with Crippen molar-refractivity contribution < 1.29 is 9.53 Å². The monoisotopic (exact) mass is 406 g/mol. The molecule has 0 aliphatic carbocycles. The number of nitrogens with two attached hydrogens (primary N) is 1. The number of carbonyl (C=O) groups is 1. The highest BCUT2D eigenvalue weighted by Gasteiger charge is 2.34. The van der Waals surface area contributed by atoms with E-state index < -0.39 is 6.04 Å². The van der Waals surface area contributed by atoms with Gasteiger partial charge in [-0.25, -0.2) is 0 Å². The maximum Gasteiger partial charge on any atom is 0.244 e. The Morgan fingerprint density at radius 1 is 1.10 bits per heavy atom. The molecule has 2 atom stereocenters. The van der Waals surface area contributed by atoms with E-state index in [4.69, 9.17) is 22.1 Å². The molecule has 4 nitrogen and oxygen atoms in total. The molecule has 148 valence electrons. The summed E-state index contributed by atoms with van der Waals surface area (Å²) in [4.78, 5) is 14.7. The first kappa shape index (κ1) is 19.5. The number of hydrogen-bond acceptors (Lipinski definition) is 3. The van der Waals surface area contributed by atoms with Crippen molar-refractivity contribution in [1.82, 2.24) is 0 Å². The van der Waals surface area contributed by atoms with Crippen molar-refractivity contribution in [3.8, 4) is 5.75 Å². The summed E-state index contributed by atoms with van der Waals surface area (Å²) in [5.41, 5.74) is 10.1. The highest BCUT2D eigenvalue weighted by atomic mass is 35.5. The lowest BCUT2D eigenvalue weighted by molar-refractivity contribution is -0.120. The molecule has 3 aromatic rings. The third kappa shape index (κ3) is 4.14. The molecule has 5 heteroatoms. The smallest absolute Gasteiger partial charge is 0.244 e. The molecule has 3 aromatic carbocycles. The van der Waals surface area contributed by atoms with Crippen molar-refractivity contribution in [2.45, 2.75) is 32.0 Å². The summed E-state index contributed by atoms with van der Waals surface area (Å²) in [7, 11) is 0. The maximum atomic E-state index is 12.9. The maximum absolute atomic E-state index is 12.9. The predicted molar refractivity (Wildman–Crippen MR) is 116 cm³/mol. The Morgan fingerprint density at radius 3 is 2.69 bits per heavy atom. The lowest BCUT2D eigenvalue weighted by Gasteiger charge is -2.37. The second-order valence-corrected chi connectivity index (χ2v) is 7.75. The molecule has 0 radical (unpaired) electrons. The number of hydrogen-bond donors (Lipinski definition) is 1. The molecule has 0 saturated heterocycles. The van der Waals surface area contributed by atoms with Crippen LogP contribution in [-0.4, -0.2) is 11.9 Å². The Balaban J connectivity index is 1.60. The third-order valence-corrected chi connectivity index (χ3v) is 5.51. The van der Waals surface area contributed by atoms with Gasteiger partial charge in [0, 0.05) is 10.7 Å². The summed E-state index contributed by atoms with van der Waals surface area (Å²) >= 11 is 6.21. The molecule has 0 bridgehead atoms. The van der Waals surface area contributed by atoms with Crippen LogP contribution in [0.15, 0.2) is 72.8 Å². The summed E-state index contributed by atoms with van der Waals surface area (Å²) in [6, 6.07) is 22.7. The number of ether oxygens (including phenoxy) is 1. The van der Waals surface area contributed by atoms with Gasteiger partial charge in [-0.2, -0.15) is 0 Å². The van der Waals surface area contributed by atoms with Gasteiger partial charge in [0.2, 0.25) is 5.91 Å². The summed E-state index contributed by atoms with van der Waals surface area (Å²) in [6.45, 7) is 2.49. The van der Waals surface area contributed by atoms with Crippen LogP contribution in [0, 0.1) is 0 Å². The van der Waals surface area contributed by atoms with Crippen LogP contribution in [-0.2, 0) is 17.8 Å². The van der Waals surface area contributed by atoms with E-state index in [1.165, 1.54) is 0 Å². The Hall–Kier alpha value is -2.82. The Bertz CT molecular complexity index is 1020. The molecule has 0 aromatic heterocycles. The summed E-state index contributed by atoms with van der Waals surface area (Å²) < 4.78 is 5.96. The number of amides is 1. The average Bonchev–Trinajstić information content (AvgIpc) is 2.74. The Morgan fingerprint density at radius 2 is 1.90 bits per heavy atom. The van der Waals surface area contributed by atoms with Crippen LogP contribution >= 0.6 is 11.6 Å². The van der Waals surface area contributed by atoms with Gasteiger partial charge in [-0.3, -0.25) is 4.79 Å². The van der Waals surface area contributed by atoms with Gasteiger partial charge < -0.3 is 15.4 Å². The lowest BCUT2D eigenvalue weighted by atomic mass is 9.94. The van der Waals surface area contributed by atoms with Gasteiger partial charge in [-0.15, -0.1) is 0 Å². The molecular weight excluding hydrogens is 384 g/mol. The standard InChI is InChI=1S/C24H23ClN2O2/c1-16(27-23-14-20(25)11-10-19(23)13-22(26)24(27)28)18-8-5-9-21(12-18)29-15-17-6-3-2-4-7-17/h2-12,14,16,22H,13,15,26H2,1H3/t16-,22+/m0/s1. The molecule has 0 unspecified atom stereocenters. The highest BCUT2D eigenvalue weighted by molar-refractivity contribution is 6.31. The second kappa shape index (κ2) is 8.27. The predicted octanol–water partition coefficient (Wildman–Crippen LogP) is 4.90. The molecule has 0 saturated carbocycles. The van der Waals surface area contributed by atoms with Crippen LogP contribution in [0.4, 0.5) is 5.69 Å². The first-order chi connectivity index (χ1) is 14.0. The first-order valence-electron chi connectivity index (χ1n) is 9.66. The zero-order valence-electron chi connectivity index (χ0n) is 16.2. The van der Waals surface area contributed by atoms with E-state index >= 15 is 0 Å². The molecule has 0 fully saturated rings. The van der Waals surface area contributed by atoms with Gasteiger partial charge >= 0.3 is 0 Å². The van der Waals surface area contributed by atoms with E-state index in [-0.39, 0.29) is 11.9 Å². The van der Waals surface area contributed by atoms with E-state index in [9.17, 15) is 4.79 Å². The molecule has 2 N–H and O–H groups in total. The van der Waals surface area contributed by atoms with Crippen LogP contribution in [0.2, 0.25) is 5.02 Å². The number of rotatable bonds is 5.